The molecule has 0 aliphatic rings. The number of nitrogens with zero attached hydrogens (tertiary/aromatic N) is 2. The highest BCUT2D eigenvalue weighted by molar-refractivity contribution is 9.11. The lowest BCUT2D eigenvalue weighted by atomic mass is 10.1. The Morgan fingerprint density at radius 1 is 1.00 bits per heavy atom. The van der Waals surface area contributed by atoms with Gasteiger partial charge in [0.05, 0.1) is 10.3 Å². The van der Waals surface area contributed by atoms with Crippen LogP contribution in [0, 0.1) is 0 Å². The normalized spacial score (nSPS) is 13.2. The van der Waals surface area contributed by atoms with Crippen LogP contribution >= 0.6 is 38.6 Å². The summed E-state index contributed by atoms with van der Waals surface area (Å²) < 4.78 is 6.99. The Balaban J connectivity index is 2.05. The maximum atomic E-state index is 12.5. The summed E-state index contributed by atoms with van der Waals surface area (Å²) in [5.74, 6) is -0.764. The van der Waals surface area contributed by atoms with Crippen LogP contribution in [0.4, 0.5) is 0 Å². The molecule has 2 aromatic heterocycles. The second kappa shape index (κ2) is 15.0. The maximum Gasteiger partial charge on any atom is 0.324 e. The van der Waals surface area contributed by atoms with Crippen molar-refractivity contribution in [1.29, 1.82) is 0 Å². The molecule has 6 nitrogen and oxygen atoms in total. The van der Waals surface area contributed by atoms with Crippen LogP contribution in [0.3, 0.4) is 0 Å². The van der Waals surface area contributed by atoms with Crippen LogP contribution in [0.15, 0.2) is 28.1 Å². The number of carboxylic acid groups (broad SMARTS) is 1. The van der Waals surface area contributed by atoms with Crippen LogP contribution < -0.4 is 0 Å². The second-order valence-corrected chi connectivity index (χ2v) is 12.2. The predicted molar refractivity (Wildman–Crippen MR) is 143 cm³/mol. The van der Waals surface area contributed by atoms with Gasteiger partial charge in [0.15, 0.2) is 0 Å². The van der Waals surface area contributed by atoms with Crippen molar-refractivity contribution in [2.24, 2.45) is 0 Å². The van der Waals surface area contributed by atoms with Gasteiger partial charge in [-0.3, -0.25) is 14.5 Å². The Hall–Kier alpha value is -1.26. The summed E-state index contributed by atoms with van der Waals surface area (Å²) in [5.41, 5.74) is 0. The van der Waals surface area contributed by atoms with Gasteiger partial charge in [0.25, 0.3) is 0 Å². The lowest BCUT2D eigenvalue weighted by Gasteiger charge is -2.30. The van der Waals surface area contributed by atoms with Gasteiger partial charge >= 0.3 is 5.97 Å². The molecule has 0 fully saturated rings. The van der Waals surface area contributed by atoms with Gasteiger partial charge < -0.3 is 14.7 Å². The average molecular weight is 574 g/mol. The minimum atomic E-state index is -0.915. The molecule has 2 atom stereocenters. The number of aliphatic carboxylic acids is 1. The zero-order valence-electron chi connectivity index (χ0n) is 20.6. The van der Waals surface area contributed by atoms with Crippen LogP contribution in [0.2, 0.25) is 0 Å². The van der Waals surface area contributed by atoms with Gasteiger partial charge in [0.1, 0.15) is 12.1 Å². The molecule has 9 heteroatoms. The number of ether oxygens (including phenoxy) is 1. The van der Waals surface area contributed by atoms with Crippen LogP contribution in [-0.2, 0) is 27.4 Å². The number of rotatable bonds is 16. The van der Waals surface area contributed by atoms with E-state index in [4.69, 9.17) is 4.74 Å². The average Bonchev–Trinajstić information content (AvgIpc) is 3.41. The van der Waals surface area contributed by atoms with E-state index in [2.05, 4.69) is 22.9 Å². The van der Waals surface area contributed by atoms with Gasteiger partial charge in [-0.15, -0.1) is 22.7 Å². The number of carbonyl (C=O) groups excluding carboxylic acids is 1. The first kappa shape index (κ1) is 29.0. The Labute approximate surface area is 220 Å². The quantitative estimate of drug-likeness (QED) is 0.231. The summed E-state index contributed by atoms with van der Waals surface area (Å²) in [6.45, 7) is 5.52. The molecule has 0 aliphatic heterocycles. The van der Waals surface area contributed by atoms with Gasteiger partial charge in [-0.05, 0) is 60.6 Å². The first-order chi connectivity index (χ1) is 16.3. The lowest BCUT2D eigenvalue weighted by molar-refractivity contribution is -0.149. The van der Waals surface area contributed by atoms with Crippen molar-refractivity contribution in [2.75, 3.05) is 20.7 Å². The molecule has 0 radical (unpaired) electrons. The van der Waals surface area contributed by atoms with Crippen LogP contribution in [0.25, 0.3) is 0 Å². The fourth-order valence-electron chi connectivity index (χ4n) is 3.86. The summed E-state index contributed by atoms with van der Waals surface area (Å²) in [4.78, 5) is 31.4. The Bertz CT molecular complexity index is 901. The molecule has 34 heavy (non-hydrogen) atoms. The van der Waals surface area contributed by atoms with E-state index in [1.54, 1.807) is 16.2 Å². The van der Waals surface area contributed by atoms with E-state index in [1.807, 2.05) is 50.2 Å². The molecule has 0 saturated heterocycles. The van der Waals surface area contributed by atoms with Crippen molar-refractivity contribution in [2.45, 2.75) is 77.6 Å². The number of hydrogen-bond donors (Lipinski definition) is 1. The third-order valence-electron chi connectivity index (χ3n) is 5.67. The lowest BCUT2D eigenvalue weighted by Crippen LogP contribution is -2.43. The van der Waals surface area contributed by atoms with Crippen LogP contribution in [-0.4, -0.2) is 53.5 Å². The molecular formula is C25H37BrN2O4S2. The Kier molecular flexibility index (Phi) is 12.8. The molecule has 0 bridgehead atoms. The van der Waals surface area contributed by atoms with Crippen molar-refractivity contribution in [3.8, 4) is 0 Å². The van der Waals surface area contributed by atoms with Crippen molar-refractivity contribution < 1.29 is 19.4 Å². The molecule has 1 N–H and O–H groups in total. The predicted octanol–water partition coefficient (Wildman–Crippen LogP) is 6.55. The summed E-state index contributed by atoms with van der Waals surface area (Å²) in [6, 6.07) is 7.06. The van der Waals surface area contributed by atoms with Gasteiger partial charge in [-0.1, -0.05) is 32.6 Å². The van der Waals surface area contributed by atoms with Gasteiger partial charge in [0.2, 0.25) is 5.91 Å². The zero-order chi connectivity index (χ0) is 25.1. The molecule has 0 spiro atoms. The summed E-state index contributed by atoms with van der Waals surface area (Å²) in [7, 11) is 3.65. The Morgan fingerprint density at radius 3 is 2.29 bits per heavy atom. The van der Waals surface area contributed by atoms with E-state index in [9.17, 15) is 14.7 Å². The van der Waals surface area contributed by atoms with Gasteiger partial charge in [0, 0.05) is 41.3 Å². The minimum Gasteiger partial charge on any atom is -0.480 e. The number of carbonyl (C=O) groups is 2. The standard InChI is InChI=1S/C25H37BrN2O4S2/c1-5-7-8-9-10-11-22(29)27(3)16-18-12-14-20(33-18)24(32-6-2)23(25(30)31)28(4)17-19-13-15-21(26)34-19/h12-15,23-24H,5-11,16-17H2,1-4H3,(H,30,31). The number of likely N-dealkylation sites (N-methyl/N-ethyl adjacent to an activating group) is 1. The zero-order valence-corrected chi connectivity index (χ0v) is 23.8. The molecule has 190 valence electrons. The molecule has 0 saturated carbocycles. The van der Waals surface area contributed by atoms with E-state index < -0.39 is 18.1 Å². The van der Waals surface area contributed by atoms with Crippen molar-refractivity contribution in [3.63, 3.8) is 0 Å². The highest BCUT2D eigenvalue weighted by atomic mass is 79.9. The fraction of sp³-hybridized carbons (Fsp3) is 0.600. The van der Waals surface area contributed by atoms with Crippen LogP contribution in [0.5, 0.6) is 0 Å². The first-order valence-electron chi connectivity index (χ1n) is 11.9. The third kappa shape index (κ3) is 9.07. The van der Waals surface area contributed by atoms with E-state index in [-0.39, 0.29) is 5.91 Å². The van der Waals surface area contributed by atoms with Crippen molar-refractivity contribution in [3.05, 3.63) is 42.7 Å². The number of halogens is 1. The van der Waals surface area contributed by atoms with Crippen molar-refractivity contribution in [1.82, 2.24) is 9.80 Å². The topological polar surface area (TPSA) is 70.1 Å². The number of unbranched alkanes of at least 4 members (excludes halogenated alkanes) is 4. The summed E-state index contributed by atoms with van der Waals surface area (Å²) >= 11 is 6.58. The minimum absolute atomic E-state index is 0.151. The smallest absolute Gasteiger partial charge is 0.324 e. The highest BCUT2D eigenvalue weighted by Gasteiger charge is 2.35. The molecule has 2 heterocycles. The number of thiophene rings is 2. The number of carboxylic acids is 1. The van der Waals surface area contributed by atoms with Crippen molar-refractivity contribution >= 4 is 50.5 Å². The second-order valence-electron chi connectivity index (χ2n) is 8.50. The fourth-order valence-corrected chi connectivity index (χ4v) is 6.56. The summed E-state index contributed by atoms with van der Waals surface area (Å²) in [6.07, 6.45) is 5.61. The van der Waals surface area contributed by atoms with E-state index >= 15 is 0 Å². The summed E-state index contributed by atoms with van der Waals surface area (Å²) in [5, 5.41) is 10.1. The third-order valence-corrected chi connectivity index (χ3v) is 8.41. The largest absolute Gasteiger partial charge is 0.480 e. The Morgan fingerprint density at radius 2 is 1.68 bits per heavy atom. The highest BCUT2D eigenvalue weighted by Crippen LogP contribution is 2.33. The number of amides is 1. The maximum absolute atomic E-state index is 12.5. The molecular weight excluding hydrogens is 536 g/mol. The molecule has 1 amide bonds. The SMILES string of the molecule is CCCCCCCC(=O)N(C)Cc1ccc(C(OCC)C(C(=O)O)N(C)Cc2ccc(Br)s2)s1. The van der Waals surface area contributed by atoms with E-state index in [0.29, 0.717) is 26.1 Å². The van der Waals surface area contributed by atoms with Gasteiger partial charge in [-0.2, -0.15) is 0 Å². The van der Waals surface area contributed by atoms with Crippen LogP contribution in [0.1, 0.15) is 73.1 Å². The van der Waals surface area contributed by atoms with E-state index in [0.717, 1.165) is 31.3 Å². The van der Waals surface area contributed by atoms with E-state index in [1.165, 1.54) is 30.6 Å². The molecule has 2 unspecified atom stereocenters. The van der Waals surface area contributed by atoms with Gasteiger partial charge in [-0.25, -0.2) is 0 Å². The number of hydrogen-bond acceptors (Lipinski definition) is 6. The monoisotopic (exact) mass is 572 g/mol. The molecule has 0 aliphatic carbocycles. The molecule has 2 aromatic rings. The first-order valence-corrected chi connectivity index (χ1v) is 14.3. The molecule has 0 aromatic carbocycles. The molecule has 2 rings (SSSR count).